The fraction of sp³-hybridized carbons (Fsp3) is 0.0833. The second kappa shape index (κ2) is 4.08. The molecule has 5 heteroatoms. The van der Waals surface area contributed by atoms with Gasteiger partial charge in [-0.3, -0.25) is 5.10 Å². The second-order valence-electron chi connectivity index (χ2n) is 3.49. The van der Waals surface area contributed by atoms with E-state index in [4.69, 9.17) is 0 Å². The molecule has 0 radical (unpaired) electrons. The first-order chi connectivity index (χ1) is 8.00. The van der Waals surface area contributed by atoms with Crippen molar-refractivity contribution in [3.05, 3.63) is 48.2 Å². The zero-order valence-electron chi connectivity index (χ0n) is 8.75. The van der Waals surface area contributed by atoms with Gasteiger partial charge < -0.3 is 0 Å². The highest BCUT2D eigenvalue weighted by molar-refractivity contribution is 5.62. The Kier molecular flexibility index (Phi) is 2.75. The first-order valence-electron chi connectivity index (χ1n) is 4.86. The maximum absolute atomic E-state index is 12.3. The minimum absolute atomic E-state index is 0.591. The van der Waals surface area contributed by atoms with Gasteiger partial charge in [0.15, 0.2) is 0 Å². The number of nitrogens with zero attached hydrogens (tertiary/aromatic N) is 1. The van der Waals surface area contributed by atoms with Gasteiger partial charge in [0.05, 0.1) is 17.0 Å². The van der Waals surface area contributed by atoms with Crippen LogP contribution in [0.2, 0.25) is 0 Å². The Morgan fingerprint density at radius 1 is 1.18 bits per heavy atom. The summed E-state index contributed by atoms with van der Waals surface area (Å²) in [5.41, 5.74) is 1.27. The van der Waals surface area contributed by atoms with Gasteiger partial charge in [-0.25, -0.2) is 0 Å². The van der Waals surface area contributed by atoms with E-state index in [2.05, 4.69) is 16.8 Å². The van der Waals surface area contributed by atoms with Gasteiger partial charge in [0.2, 0.25) is 0 Å². The van der Waals surface area contributed by atoms with Crippen LogP contribution in [0, 0.1) is 0 Å². The van der Waals surface area contributed by atoms with Crippen LogP contribution >= 0.6 is 0 Å². The Labute approximate surface area is 95.8 Å². The Morgan fingerprint density at radius 2 is 1.82 bits per heavy atom. The van der Waals surface area contributed by atoms with Gasteiger partial charge in [-0.15, -0.1) is 0 Å². The third kappa shape index (κ3) is 2.38. The van der Waals surface area contributed by atoms with E-state index in [1.807, 2.05) is 0 Å². The van der Waals surface area contributed by atoms with Crippen LogP contribution in [-0.2, 0) is 6.18 Å². The lowest BCUT2D eigenvalue weighted by molar-refractivity contribution is -0.137. The molecule has 1 heterocycles. The molecule has 0 saturated heterocycles. The highest BCUT2D eigenvalue weighted by Crippen LogP contribution is 2.30. The number of aromatic nitrogens is 2. The van der Waals surface area contributed by atoms with E-state index in [-0.39, 0.29) is 0 Å². The molecule has 0 bridgehead atoms. The van der Waals surface area contributed by atoms with E-state index in [0.29, 0.717) is 11.3 Å². The average molecular weight is 238 g/mol. The smallest absolute Gasteiger partial charge is 0.278 e. The maximum atomic E-state index is 12.3. The van der Waals surface area contributed by atoms with Crippen LogP contribution in [0.1, 0.15) is 11.3 Å². The van der Waals surface area contributed by atoms with E-state index < -0.39 is 11.7 Å². The third-order valence-corrected chi connectivity index (χ3v) is 2.33. The summed E-state index contributed by atoms with van der Waals surface area (Å²) in [6, 6.07) is 6.59. The lowest BCUT2D eigenvalue weighted by Gasteiger charge is -2.06. The molecule has 0 atom stereocenters. The minimum Gasteiger partial charge on any atom is -0.278 e. The Bertz CT molecular complexity index is 523. The number of rotatable bonds is 2. The van der Waals surface area contributed by atoms with Crippen molar-refractivity contribution in [1.82, 2.24) is 10.2 Å². The van der Waals surface area contributed by atoms with Crippen molar-refractivity contribution in [2.24, 2.45) is 0 Å². The van der Waals surface area contributed by atoms with Gasteiger partial charge in [0.1, 0.15) is 0 Å². The van der Waals surface area contributed by atoms with Crippen LogP contribution in [0.3, 0.4) is 0 Å². The molecule has 0 amide bonds. The van der Waals surface area contributed by atoms with Crippen molar-refractivity contribution >= 4 is 6.08 Å². The quantitative estimate of drug-likeness (QED) is 0.848. The molecule has 0 aliphatic heterocycles. The summed E-state index contributed by atoms with van der Waals surface area (Å²) in [6.07, 6.45) is -2.73. The zero-order chi connectivity index (χ0) is 12.5. The number of hydrogen-bond donors (Lipinski definition) is 1. The van der Waals surface area contributed by atoms with Crippen LogP contribution < -0.4 is 0 Å². The predicted octanol–water partition coefficient (Wildman–Crippen LogP) is 3.74. The van der Waals surface area contributed by atoms with Gasteiger partial charge in [0.25, 0.3) is 0 Å². The van der Waals surface area contributed by atoms with Gasteiger partial charge in [-0.2, -0.15) is 18.3 Å². The molecule has 1 aromatic heterocycles. The average Bonchev–Trinajstić information content (AvgIpc) is 2.76. The van der Waals surface area contributed by atoms with Crippen molar-refractivity contribution in [3.63, 3.8) is 0 Å². The molecule has 88 valence electrons. The molecule has 0 aliphatic carbocycles. The van der Waals surface area contributed by atoms with Crippen molar-refractivity contribution in [2.75, 3.05) is 0 Å². The Balaban J connectivity index is 2.32. The van der Waals surface area contributed by atoms with Gasteiger partial charge in [0, 0.05) is 5.56 Å². The molecule has 0 saturated carbocycles. The number of alkyl halides is 3. The molecular weight excluding hydrogens is 229 g/mol. The standard InChI is InChI=1S/C12H9F3N2/c1-2-10-7-11(17-16-10)8-3-5-9(6-4-8)12(13,14)15/h2-7H,1H2,(H,16,17). The summed E-state index contributed by atoms with van der Waals surface area (Å²) in [5, 5.41) is 6.68. The fourth-order valence-corrected chi connectivity index (χ4v) is 1.42. The van der Waals surface area contributed by atoms with Gasteiger partial charge >= 0.3 is 6.18 Å². The molecule has 17 heavy (non-hydrogen) atoms. The fourth-order valence-electron chi connectivity index (χ4n) is 1.42. The van der Waals surface area contributed by atoms with E-state index in [0.717, 1.165) is 17.8 Å². The van der Waals surface area contributed by atoms with Crippen LogP contribution in [0.5, 0.6) is 0 Å². The van der Waals surface area contributed by atoms with Gasteiger partial charge in [-0.05, 0) is 24.3 Å². The van der Waals surface area contributed by atoms with Crippen molar-refractivity contribution in [1.29, 1.82) is 0 Å². The summed E-state index contributed by atoms with van der Waals surface area (Å²) < 4.78 is 37.0. The van der Waals surface area contributed by atoms with Crippen molar-refractivity contribution < 1.29 is 13.2 Å². The summed E-state index contributed by atoms with van der Waals surface area (Å²) in [5.74, 6) is 0. The predicted molar refractivity (Wildman–Crippen MR) is 59.1 cm³/mol. The lowest BCUT2D eigenvalue weighted by atomic mass is 10.1. The van der Waals surface area contributed by atoms with E-state index >= 15 is 0 Å². The number of nitrogens with one attached hydrogen (secondary N) is 1. The third-order valence-electron chi connectivity index (χ3n) is 2.33. The summed E-state index contributed by atoms with van der Waals surface area (Å²) in [7, 11) is 0. The normalized spacial score (nSPS) is 11.5. The molecule has 0 unspecified atom stereocenters. The van der Waals surface area contributed by atoms with Crippen LogP contribution in [0.4, 0.5) is 13.2 Å². The molecule has 2 aromatic rings. The summed E-state index contributed by atoms with van der Waals surface area (Å²) >= 11 is 0. The minimum atomic E-state index is -4.31. The largest absolute Gasteiger partial charge is 0.416 e. The summed E-state index contributed by atoms with van der Waals surface area (Å²) in [6.45, 7) is 3.56. The number of aromatic amines is 1. The van der Waals surface area contributed by atoms with Gasteiger partial charge in [-0.1, -0.05) is 18.7 Å². The Morgan fingerprint density at radius 3 is 2.29 bits per heavy atom. The molecule has 1 N–H and O–H groups in total. The van der Waals surface area contributed by atoms with Crippen LogP contribution in [0.15, 0.2) is 36.9 Å². The molecule has 0 spiro atoms. The number of H-pyrrole nitrogens is 1. The first-order valence-corrected chi connectivity index (χ1v) is 4.86. The van der Waals surface area contributed by atoms with E-state index in [1.165, 1.54) is 12.1 Å². The van der Waals surface area contributed by atoms with E-state index in [1.54, 1.807) is 12.1 Å². The molecule has 2 nitrogen and oxygen atoms in total. The molecule has 0 aliphatic rings. The second-order valence-corrected chi connectivity index (χ2v) is 3.49. The molecule has 2 rings (SSSR count). The monoisotopic (exact) mass is 238 g/mol. The highest BCUT2D eigenvalue weighted by atomic mass is 19.4. The maximum Gasteiger partial charge on any atom is 0.416 e. The van der Waals surface area contributed by atoms with Crippen molar-refractivity contribution in [3.8, 4) is 11.3 Å². The van der Waals surface area contributed by atoms with E-state index in [9.17, 15) is 13.2 Å². The molecular formula is C12H9F3N2. The number of benzene rings is 1. The molecule has 0 fully saturated rings. The van der Waals surface area contributed by atoms with Crippen LogP contribution in [0.25, 0.3) is 17.3 Å². The SMILES string of the molecule is C=Cc1cc(-c2ccc(C(F)(F)F)cc2)n[nH]1. The Hall–Kier alpha value is -2.04. The van der Waals surface area contributed by atoms with Crippen molar-refractivity contribution in [2.45, 2.75) is 6.18 Å². The highest BCUT2D eigenvalue weighted by Gasteiger charge is 2.29. The summed E-state index contributed by atoms with van der Waals surface area (Å²) in [4.78, 5) is 0. The molecule has 1 aromatic carbocycles. The number of hydrogen-bond acceptors (Lipinski definition) is 1. The topological polar surface area (TPSA) is 28.7 Å². The zero-order valence-corrected chi connectivity index (χ0v) is 8.75. The first kappa shape index (κ1) is 11.4. The lowest BCUT2D eigenvalue weighted by Crippen LogP contribution is -2.03. The van der Waals surface area contributed by atoms with Crippen LogP contribution in [-0.4, -0.2) is 10.2 Å². The number of halogens is 3.